The van der Waals surface area contributed by atoms with Gasteiger partial charge >= 0.3 is 5.97 Å². The molecule has 1 aliphatic rings. The van der Waals surface area contributed by atoms with E-state index >= 15 is 0 Å². The number of carbonyl (C=O) groups excluding carboxylic acids is 1. The zero-order chi connectivity index (χ0) is 9.14. The standard InChI is InChI=1S/C7H12N2O3/c1-3-12-7(10)6-4-8(2)9(11)5-6/h5,11H,3-4H2,1-2H3. The highest BCUT2D eigenvalue weighted by atomic mass is 16.6. The summed E-state index contributed by atoms with van der Waals surface area (Å²) in [5.74, 6) is -0.374. The second-order valence-corrected chi connectivity index (χ2v) is 2.51. The highest BCUT2D eigenvalue weighted by molar-refractivity contribution is 5.89. The Morgan fingerprint density at radius 2 is 2.50 bits per heavy atom. The van der Waals surface area contributed by atoms with Crippen molar-refractivity contribution in [2.75, 3.05) is 20.2 Å². The van der Waals surface area contributed by atoms with Crippen molar-refractivity contribution in [2.45, 2.75) is 6.92 Å². The van der Waals surface area contributed by atoms with Crippen molar-refractivity contribution in [2.24, 2.45) is 0 Å². The molecular formula is C7H12N2O3. The van der Waals surface area contributed by atoms with E-state index in [4.69, 9.17) is 9.94 Å². The third-order valence-electron chi connectivity index (χ3n) is 1.56. The van der Waals surface area contributed by atoms with Gasteiger partial charge in [-0.15, -0.1) is 0 Å². The van der Waals surface area contributed by atoms with Crippen LogP contribution in [0.5, 0.6) is 0 Å². The van der Waals surface area contributed by atoms with Crippen LogP contribution < -0.4 is 0 Å². The second-order valence-electron chi connectivity index (χ2n) is 2.51. The molecule has 0 atom stereocenters. The van der Waals surface area contributed by atoms with E-state index in [0.717, 1.165) is 5.17 Å². The van der Waals surface area contributed by atoms with Crippen LogP contribution in [0.15, 0.2) is 11.8 Å². The zero-order valence-corrected chi connectivity index (χ0v) is 7.15. The molecule has 0 saturated carbocycles. The molecule has 0 fully saturated rings. The third-order valence-corrected chi connectivity index (χ3v) is 1.56. The van der Waals surface area contributed by atoms with Gasteiger partial charge in [-0.2, -0.15) is 10.2 Å². The molecule has 1 aliphatic heterocycles. The Labute approximate surface area is 70.7 Å². The minimum Gasteiger partial charge on any atom is -0.463 e. The highest BCUT2D eigenvalue weighted by Crippen LogP contribution is 2.11. The number of hydrazine groups is 1. The first-order valence-corrected chi connectivity index (χ1v) is 3.72. The van der Waals surface area contributed by atoms with Gasteiger partial charge in [-0.05, 0) is 6.92 Å². The average Bonchev–Trinajstić information content (AvgIpc) is 2.33. The van der Waals surface area contributed by atoms with E-state index in [-0.39, 0.29) is 5.97 Å². The molecule has 68 valence electrons. The number of carbonyl (C=O) groups is 1. The first-order valence-electron chi connectivity index (χ1n) is 3.72. The summed E-state index contributed by atoms with van der Waals surface area (Å²) in [7, 11) is 1.67. The van der Waals surface area contributed by atoms with Crippen LogP contribution in [0.3, 0.4) is 0 Å². The zero-order valence-electron chi connectivity index (χ0n) is 7.15. The van der Waals surface area contributed by atoms with Crippen LogP contribution in [-0.2, 0) is 9.53 Å². The van der Waals surface area contributed by atoms with E-state index in [2.05, 4.69) is 0 Å². The van der Waals surface area contributed by atoms with Crippen molar-refractivity contribution in [3.63, 3.8) is 0 Å². The quantitative estimate of drug-likeness (QED) is 0.593. The molecule has 0 unspecified atom stereocenters. The Morgan fingerprint density at radius 3 is 2.92 bits per heavy atom. The average molecular weight is 172 g/mol. The number of nitrogens with zero attached hydrogens (tertiary/aromatic N) is 2. The number of rotatable bonds is 2. The molecule has 0 spiro atoms. The van der Waals surface area contributed by atoms with Crippen LogP contribution in [0.25, 0.3) is 0 Å². The molecule has 0 saturated heterocycles. The SMILES string of the molecule is CCOC(=O)C1=CN(O)N(C)C1. The summed E-state index contributed by atoms with van der Waals surface area (Å²) in [6, 6.07) is 0. The number of esters is 1. The molecule has 5 heteroatoms. The smallest absolute Gasteiger partial charge is 0.337 e. The van der Waals surface area contributed by atoms with Crippen molar-refractivity contribution in [1.82, 2.24) is 10.2 Å². The Balaban J connectivity index is 2.55. The minimum atomic E-state index is -0.374. The molecule has 0 aliphatic carbocycles. The first-order chi connectivity index (χ1) is 5.65. The van der Waals surface area contributed by atoms with Crippen molar-refractivity contribution in [1.29, 1.82) is 0 Å². The molecule has 5 nitrogen and oxygen atoms in total. The van der Waals surface area contributed by atoms with Crippen molar-refractivity contribution < 1.29 is 14.7 Å². The summed E-state index contributed by atoms with van der Waals surface area (Å²) >= 11 is 0. The Kier molecular flexibility index (Phi) is 2.67. The monoisotopic (exact) mass is 172 g/mol. The van der Waals surface area contributed by atoms with E-state index in [1.807, 2.05) is 0 Å². The normalized spacial score (nSPS) is 17.9. The van der Waals surface area contributed by atoms with Gasteiger partial charge in [0.1, 0.15) is 0 Å². The van der Waals surface area contributed by atoms with Crippen LogP contribution in [0.1, 0.15) is 6.92 Å². The van der Waals surface area contributed by atoms with Crippen LogP contribution >= 0.6 is 0 Å². The highest BCUT2D eigenvalue weighted by Gasteiger charge is 2.22. The van der Waals surface area contributed by atoms with E-state index < -0.39 is 0 Å². The Morgan fingerprint density at radius 1 is 1.83 bits per heavy atom. The molecule has 0 bridgehead atoms. The number of hydrogen-bond donors (Lipinski definition) is 1. The largest absolute Gasteiger partial charge is 0.463 e. The molecule has 1 N–H and O–H groups in total. The molecule has 0 radical (unpaired) electrons. The van der Waals surface area contributed by atoms with Gasteiger partial charge in [-0.25, -0.2) is 4.79 Å². The van der Waals surface area contributed by atoms with Crippen LogP contribution in [0.2, 0.25) is 0 Å². The molecule has 12 heavy (non-hydrogen) atoms. The molecule has 0 aromatic rings. The summed E-state index contributed by atoms with van der Waals surface area (Å²) in [4.78, 5) is 11.1. The topological polar surface area (TPSA) is 53.0 Å². The van der Waals surface area contributed by atoms with Gasteiger partial charge in [0.2, 0.25) is 0 Å². The first kappa shape index (κ1) is 9.02. The van der Waals surface area contributed by atoms with Crippen molar-refractivity contribution in [3.8, 4) is 0 Å². The summed E-state index contributed by atoms with van der Waals surface area (Å²) in [5.41, 5.74) is 0.460. The van der Waals surface area contributed by atoms with Gasteiger partial charge in [0.15, 0.2) is 0 Å². The number of hydroxylamine groups is 1. The maximum atomic E-state index is 11.1. The van der Waals surface area contributed by atoms with Gasteiger partial charge in [0.25, 0.3) is 0 Å². The Bertz CT molecular complexity index is 215. The minimum absolute atomic E-state index is 0.352. The van der Waals surface area contributed by atoms with Crippen LogP contribution in [0.4, 0.5) is 0 Å². The van der Waals surface area contributed by atoms with Gasteiger partial charge in [-0.1, -0.05) is 0 Å². The predicted molar refractivity (Wildman–Crippen MR) is 41.0 cm³/mol. The second kappa shape index (κ2) is 3.55. The molecule has 1 rings (SSSR count). The van der Waals surface area contributed by atoms with E-state index in [1.54, 1.807) is 14.0 Å². The fourth-order valence-corrected chi connectivity index (χ4v) is 0.939. The fraction of sp³-hybridized carbons (Fsp3) is 0.571. The maximum absolute atomic E-state index is 11.1. The molecule has 1 heterocycles. The predicted octanol–water partition coefficient (Wildman–Crippen LogP) is -0.0150. The lowest BCUT2D eigenvalue weighted by molar-refractivity contribution is -0.178. The number of ether oxygens (including phenoxy) is 1. The van der Waals surface area contributed by atoms with Crippen molar-refractivity contribution >= 4 is 5.97 Å². The Hall–Kier alpha value is -1.07. The van der Waals surface area contributed by atoms with Gasteiger partial charge < -0.3 is 4.74 Å². The number of likely N-dealkylation sites (N-methyl/N-ethyl adjacent to an activating group) is 1. The molecule has 0 aromatic heterocycles. The van der Waals surface area contributed by atoms with Crippen LogP contribution in [0, 0.1) is 0 Å². The molecular weight excluding hydrogens is 160 g/mol. The van der Waals surface area contributed by atoms with Crippen LogP contribution in [-0.4, -0.2) is 41.6 Å². The molecule has 0 amide bonds. The van der Waals surface area contributed by atoms with E-state index in [0.29, 0.717) is 18.7 Å². The lowest BCUT2D eigenvalue weighted by atomic mass is 10.3. The lowest BCUT2D eigenvalue weighted by Gasteiger charge is -2.15. The van der Waals surface area contributed by atoms with Crippen molar-refractivity contribution in [3.05, 3.63) is 11.8 Å². The van der Waals surface area contributed by atoms with Gasteiger partial charge in [0.05, 0.1) is 24.9 Å². The summed E-state index contributed by atoms with van der Waals surface area (Å²) in [6.45, 7) is 2.48. The van der Waals surface area contributed by atoms with Gasteiger partial charge in [0, 0.05) is 7.05 Å². The third kappa shape index (κ3) is 1.75. The summed E-state index contributed by atoms with van der Waals surface area (Å²) in [6.07, 6.45) is 1.35. The van der Waals surface area contributed by atoms with Gasteiger partial charge in [-0.3, -0.25) is 5.21 Å². The summed E-state index contributed by atoms with van der Waals surface area (Å²) in [5, 5.41) is 11.4. The van der Waals surface area contributed by atoms with E-state index in [1.165, 1.54) is 11.2 Å². The fourth-order valence-electron chi connectivity index (χ4n) is 0.939. The molecule has 0 aromatic carbocycles. The number of hydrogen-bond acceptors (Lipinski definition) is 5. The van der Waals surface area contributed by atoms with E-state index in [9.17, 15) is 4.79 Å². The maximum Gasteiger partial charge on any atom is 0.337 e. The lowest BCUT2D eigenvalue weighted by Crippen LogP contribution is -2.28. The summed E-state index contributed by atoms with van der Waals surface area (Å²) < 4.78 is 4.75.